The summed E-state index contributed by atoms with van der Waals surface area (Å²) >= 11 is 0. The lowest BCUT2D eigenvalue weighted by Gasteiger charge is -2.14. The third-order valence-electron chi connectivity index (χ3n) is 4.85. The number of hydrogen-bond acceptors (Lipinski definition) is 5. The number of ether oxygens (including phenoxy) is 1. The highest BCUT2D eigenvalue weighted by Crippen LogP contribution is 2.42. The molecule has 0 aliphatic rings. The van der Waals surface area contributed by atoms with Crippen molar-refractivity contribution in [2.45, 2.75) is 20.8 Å². The molecular formula is C19H18N6O. The highest BCUT2D eigenvalue weighted by Gasteiger charge is 2.24. The van der Waals surface area contributed by atoms with Crippen molar-refractivity contribution < 1.29 is 4.74 Å². The van der Waals surface area contributed by atoms with E-state index in [1.807, 2.05) is 43.5 Å². The van der Waals surface area contributed by atoms with Gasteiger partial charge < -0.3 is 14.9 Å². The van der Waals surface area contributed by atoms with Crippen molar-refractivity contribution in [3.05, 3.63) is 47.2 Å². The van der Waals surface area contributed by atoms with E-state index in [4.69, 9.17) is 10.5 Å². The number of hydrogen-bond donors (Lipinski definition) is 1. The van der Waals surface area contributed by atoms with Crippen molar-refractivity contribution in [3.8, 4) is 22.9 Å². The number of nitrogen functional groups attached to an aromatic ring is 1. The molecule has 4 rings (SSSR count). The van der Waals surface area contributed by atoms with Crippen LogP contribution in [0.4, 0.5) is 5.69 Å². The molecule has 3 heterocycles. The molecule has 0 aliphatic heterocycles. The molecule has 3 aromatic heterocycles. The number of nitrogens with two attached hydrogens (primary N) is 1. The van der Waals surface area contributed by atoms with Crippen molar-refractivity contribution in [1.29, 1.82) is 5.26 Å². The molecule has 0 spiro atoms. The van der Waals surface area contributed by atoms with Crippen molar-refractivity contribution in [2.75, 3.05) is 12.8 Å². The average molecular weight is 346 g/mol. The molecule has 0 radical (unpaired) electrons. The monoisotopic (exact) mass is 346 g/mol. The number of aryl methyl sites for hydroxylation is 2. The molecule has 0 aliphatic carbocycles. The zero-order valence-corrected chi connectivity index (χ0v) is 15.0. The molecule has 2 N–H and O–H groups in total. The van der Waals surface area contributed by atoms with Gasteiger partial charge >= 0.3 is 0 Å². The van der Waals surface area contributed by atoms with Crippen LogP contribution in [0.15, 0.2) is 24.7 Å². The van der Waals surface area contributed by atoms with Gasteiger partial charge in [0.2, 0.25) is 0 Å². The lowest BCUT2D eigenvalue weighted by molar-refractivity contribution is 0.412. The third kappa shape index (κ3) is 1.93. The molecule has 0 saturated heterocycles. The van der Waals surface area contributed by atoms with Crippen LogP contribution in [0.25, 0.3) is 22.3 Å². The minimum Gasteiger partial charge on any atom is -0.496 e. The molecule has 130 valence electrons. The van der Waals surface area contributed by atoms with Crippen LogP contribution in [-0.4, -0.2) is 26.1 Å². The van der Waals surface area contributed by atoms with Gasteiger partial charge in [-0.2, -0.15) is 10.4 Å². The van der Waals surface area contributed by atoms with Crippen LogP contribution in [0, 0.1) is 32.1 Å². The Kier molecular flexibility index (Phi) is 3.37. The molecule has 7 heteroatoms. The van der Waals surface area contributed by atoms with Crippen LogP contribution < -0.4 is 10.5 Å². The van der Waals surface area contributed by atoms with E-state index in [1.165, 1.54) is 6.33 Å². The maximum Gasteiger partial charge on any atom is 0.180 e. The van der Waals surface area contributed by atoms with Crippen molar-refractivity contribution in [3.63, 3.8) is 0 Å². The van der Waals surface area contributed by atoms with Gasteiger partial charge in [-0.25, -0.2) is 9.50 Å². The largest absolute Gasteiger partial charge is 0.496 e. The number of anilines is 1. The smallest absolute Gasteiger partial charge is 0.180 e. The van der Waals surface area contributed by atoms with Gasteiger partial charge in [0.1, 0.15) is 29.4 Å². The van der Waals surface area contributed by atoms with E-state index in [0.29, 0.717) is 17.0 Å². The van der Waals surface area contributed by atoms with Crippen LogP contribution >= 0.6 is 0 Å². The van der Waals surface area contributed by atoms with E-state index in [-0.39, 0.29) is 0 Å². The van der Waals surface area contributed by atoms with Gasteiger partial charge in [-0.05, 0) is 43.5 Å². The highest BCUT2D eigenvalue weighted by atomic mass is 16.5. The number of benzene rings is 1. The van der Waals surface area contributed by atoms with Crippen LogP contribution in [0.2, 0.25) is 0 Å². The molecule has 0 saturated carbocycles. The number of methoxy groups -OCH3 is 1. The first-order chi connectivity index (χ1) is 12.5. The second-order valence-electron chi connectivity index (χ2n) is 6.32. The highest BCUT2D eigenvalue weighted by molar-refractivity contribution is 6.01. The number of rotatable bonds is 2. The van der Waals surface area contributed by atoms with Crippen molar-refractivity contribution >= 4 is 16.9 Å². The topological polar surface area (TPSA) is 93.6 Å². The Morgan fingerprint density at radius 1 is 1.19 bits per heavy atom. The summed E-state index contributed by atoms with van der Waals surface area (Å²) < 4.78 is 9.06. The standard InChI is InChI=1S/C19H18N6O/c1-10-5-6-14(26-4)12(3)15(10)16-17(21)13(7-20)24-8-11(2)25-19(18(16)24)22-9-23-25/h5-6,8-9H,21H2,1-4H3. The number of nitriles is 1. The Labute approximate surface area is 150 Å². The van der Waals surface area contributed by atoms with E-state index in [9.17, 15) is 5.26 Å². The Hall–Kier alpha value is -3.53. The third-order valence-corrected chi connectivity index (χ3v) is 4.85. The van der Waals surface area contributed by atoms with Crippen LogP contribution in [-0.2, 0) is 0 Å². The summed E-state index contributed by atoms with van der Waals surface area (Å²) in [5.74, 6) is 0.771. The normalized spacial score (nSPS) is 11.2. The maximum atomic E-state index is 9.71. The zero-order chi connectivity index (χ0) is 18.6. The van der Waals surface area contributed by atoms with Gasteiger partial charge in [0, 0.05) is 11.8 Å². The summed E-state index contributed by atoms with van der Waals surface area (Å²) in [5.41, 5.74) is 13.3. The van der Waals surface area contributed by atoms with Crippen LogP contribution in [0.3, 0.4) is 0 Å². The Balaban J connectivity index is 2.28. The molecule has 0 atom stereocenters. The summed E-state index contributed by atoms with van der Waals surface area (Å²) in [6, 6.07) is 6.16. The Morgan fingerprint density at radius 3 is 2.65 bits per heavy atom. The quantitative estimate of drug-likeness (QED) is 0.602. The van der Waals surface area contributed by atoms with Gasteiger partial charge in [0.15, 0.2) is 5.65 Å². The fourth-order valence-corrected chi connectivity index (χ4v) is 3.66. The molecular weight excluding hydrogens is 328 g/mol. The molecule has 0 fully saturated rings. The maximum absolute atomic E-state index is 9.71. The number of fused-ring (bicyclic) bond motifs is 3. The SMILES string of the molecule is COc1ccc(C)c(-c2c(N)c(C#N)n3cc(C)n4ncnc4c23)c1C. The van der Waals surface area contributed by atoms with Gasteiger partial charge in [-0.1, -0.05) is 6.07 Å². The van der Waals surface area contributed by atoms with E-state index < -0.39 is 0 Å². The van der Waals surface area contributed by atoms with E-state index in [0.717, 1.165) is 39.2 Å². The van der Waals surface area contributed by atoms with Crippen molar-refractivity contribution in [1.82, 2.24) is 19.0 Å². The summed E-state index contributed by atoms with van der Waals surface area (Å²) in [7, 11) is 1.64. The summed E-state index contributed by atoms with van der Waals surface area (Å²) in [6.07, 6.45) is 3.37. The summed E-state index contributed by atoms with van der Waals surface area (Å²) in [6.45, 7) is 5.93. The first-order valence-electron chi connectivity index (χ1n) is 8.17. The van der Waals surface area contributed by atoms with Gasteiger partial charge in [0.05, 0.1) is 18.5 Å². The van der Waals surface area contributed by atoms with E-state index in [1.54, 1.807) is 11.6 Å². The second-order valence-corrected chi connectivity index (χ2v) is 6.32. The predicted molar refractivity (Wildman–Crippen MR) is 99.3 cm³/mol. The number of nitrogens with zero attached hydrogens (tertiary/aromatic N) is 5. The first-order valence-corrected chi connectivity index (χ1v) is 8.17. The summed E-state index contributed by atoms with van der Waals surface area (Å²) in [4.78, 5) is 4.42. The molecule has 0 bridgehead atoms. The van der Waals surface area contributed by atoms with Gasteiger partial charge in [-0.3, -0.25) is 0 Å². The molecule has 0 unspecified atom stereocenters. The Morgan fingerprint density at radius 2 is 1.96 bits per heavy atom. The molecule has 4 aromatic rings. The predicted octanol–water partition coefficient (Wildman–Crippen LogP) is 3.04. The van der Waals surface area contributed by atoms with Gasteiger partial charge in [-0.15, -0.1) is 0 Å². The average Bonchev–Trinajstić information content (AvgIpc) is 3.19. The fraction of sp³-hybridized carbons (Fsp3) is 0.211. The second kappa shape index (κ2) is 5.49. The zero-order valence-electron chi connectivity index (χ0n) is 15.0. The fourth-order valence-electron chi connectivity index (χ4n) is 3.66. The lowest BCUT2D eigenvalue weighted by atomic mass is 9.94. The molecule has 1 aromatic carbocycles. The lowest BCUT2D eigenvalue weighted by Crippen LogP contribution is -2.00. The van der Waals surface area contributed by atoms with Crippen LogP contribution in [0.1, 0.15) is 22.5 Å². The summed E-state index contributed by atoms with van der Waals surface area (Å²) in [5, 5.41) is 14.0. The van der Waals surface area contributed by atoms with Gasteiger partial charge in [0.25, 0.3) is 0 Å². The van der Waals surface area contributed by atoms with Crippen molar-refractivity contribution in [2.24, 2.45) is 0 Å². The number of aromatic nitrogens is 4. The Bertz CT molecular complexity index is 1220. The molecule has 7 nitrogen and oxygen atoms in total. The minimum atomic E-state index is 0.394. The molecule has 0 amide bonds. The van der Waals surface area contributed by atoms with E-state index >= 15 is 0 Å². The van der Waals surface area contributed by atoms with Crippen LogP contribution in [0.5, 0.6) is 5.75 Å². The van der Waals surface area contributed by atoms with E-state index in [2.05, 4.69) is 16.2 Å². The first kappa shape index (κ1) is 16.0. The molecule has 26 heavy (non-hydrogen) atoms. The minimum absolute atomic E-state index is 0.394.